The lowest BCUT2D eigenvalue weighted by Gasteiger charge is -2.24. The van der Waals surface area contributed by atoms with Gasteiger partial charge in [-0.3, -0.25) is 4.79 Å². The number of hydrogen-bond acceptors (Lipinski definition) is 4. The van der Waals surface area contributed by atoms with Crippen molar-refractivity contribution in [3.05, 3.63) is 54.1 Å². The summed E-state index contributed by atoms with van der Waals surface area (Å²) in [5.41, 5.74) is 3.20. The number of carbonyl (C=O) groups excluding carboxylic acids is 1. The first-order valence-electron chi connectivity index (χ1n) is 11.3. The van der Waals surface area contributed by atoms with Gasteiger partial charge in [-0.1, -0.05) is 50.2 Å². The van der Waals surface area contributed by atoms with Gasteiger partial charge in [0.2, 0.25) is 5.91 Å². The fourth-order valence-corrected chi connectivity index (χ4v) is 4.00. The maximum absolute atomic E-state index is 12.8. The lowest BCUT2D eigenvalue weighted by Crippen LogP contribution is -2.34. The van der Waals surface area contributed by atoms with Crippen LogP contribution in [0.4, 0.5) is 0 Å². The summed E-state index contributed by atoms with van der Waals surface area (Å²) in [6.07, 6.45) is 3.46. The van der Waals surface area contributed by atoms with E-state index in [4.69, 9.17) is 10.00 Å². The molecule has 5 heteroatoms. The average Bonchev–Trinajstić information content (AvgIpc) is 2.79. The number of benzene rings is 2. The van der Waals surface area contributed by atoms with Crippen molar-refractivity contribution in [3.63, 3.8) is 0 Å². The van der Waals surface area contributed by atoms with Crippen LogP contribution in [0.5, 0.6) is 5.75 Å². The molecule has 0 aliphatic carbocycles. The summed E-state index contributed by atoms with van der Waals surface area (Å²) < 4.78 is 6.11. The molecule has 0 saturated carbocycles. The van der Waals surface area contributed by atoms with Gasteiger partial charge < -0.3 is 15.4 Å². The molecule has 1 amide bonds. The molecule has 5 nitrogen and oxygen atoms in total. The van der Waals surface area contributed by atoms with Crippen LogP contribution in [-0.2, 0) is 4.79 Å². The Morgan fingerprint density at radius 1 is 1.16 bits per heavy atom. The van der Waals surface area contributed by atoms with Gasteiger partial charge in [-0.15, -0.1) is 0 Å². The molecule has 0 radical (unpaired) electrons. The van der Waals surface area contributed by atoms with Crippen molar-refractivity contribution in [2.24, 2.45) is 5.92 Å². The first kappa shape index (κ1) is 22.8. The molecule has 1 unspecified atom stereocenters. The lowest BCUT2D eigenvalue weighted by molar-refractivity contribution is -0.122. The van der Waals surface area contributed by atoms with Crippen molar-refractivity contribution < 1.29 is 9.53 Å². The van der Waals surface area contributed by atoms with Crippen LogP contribution in [0.25, 0.3) is 11.1 Å². The zero-order valence-corrected chi connectivity index (χ0v) is 18.6. The molecule has 1 saturated heterocycles. The Morgan fingerprint density at radius 3 is 2.58 bits per heavy atom. The summed E-state index contributed by atoms with van der Waals surface area (Å²) in [5, 5.41) is 15.0. The Balaban J connectivity index is 1.73. The first-order valence-corrected chi connectivity index (χ1v) is 11.3. The molecule has 31 heavy (non-hydrogen) atoms. The van der Waals surface area contributed by atoms with Crippen molar-refractivity contribution in [1.29, 1.82) is 5.26 Å². The van der Waals surface area contributed by atoms with Gasteiger partial charge in [-0.05, 0) is 67.1 Å². The summed E-state index contributed by atoms with van der Waals surface area (Å²) in [5.74, 6) is 1.07. The van der Waals surface area contributed by atoms with Gasteiger partial charge in [-0.2, -0.15) is 5.26 Å². The number of ether oxygens (including phenoxy) is 1. The molecule has 0 spiro atoms. The molecule has 1 aliphatic rings. The fraction of sp³-hybridized carbons (Fsp3) is 0.462. The molecule has 2 aromatic rings. The molecule has 1 aliphatic heterocycles. The highest BCUT2D eigenvalue weighted by Crippen LogP contribution is 2.30. The Morgan fingerprint density at radius 2 is 1.90 bits per heavy atom. The standard InChI is InChI=1S/C26H33N3O2/c1-19(2)17-25(26(30)29-14-4-13-27)22-6-3-5-21(18-22)20-7-9-23(10-8-20)31-24-11-15-28-16-12-24/h3,5-10,18-19,24-25,28H,4,11-12,14-17H2,1-2H3,(H,29,30). The number of piperidine rings is 1. The SMILES string of the molecule is CC(C)CC(C(=O)NCCC#N)c1cccc(-c2ccc(OC3CCNCC3)cc2)c1. The molecule has 2 aromatic carbocycles. The number of rotatable bonds is 9. The predicted molar refractivity (Wildman–Crippen MR) is 124 cm³/mol. The molecule has 1 atom stereocenters. The highest BCUT2D eigenvalue weighted by Gasteiger charge is 2.22. The van der Waals surface area contributed by atoms with E-state index in [9.17, 15) is 4.79 Å². The van der Waals surface area contributed by atoms with E-state index in [1.165, 1.54) is 0 Å². The largest absolute Gasteiger partial charge is 0.490 e. The van der Waals surface area contributed by atoms with Gasteiger partial charge >= 0.3 is 0 Å². The van der Waals surface area contributed by atoms with Gasteiger partial charge in [0.1, 0.15) is 11.9 Å². The highest BCUT2D eigenvalue weighted by atomic mass is 16.5. The van der Waals surface area contributed by atoms with E-state index < -0.39 is 0 Å². The number of amides is 1. The van der Waals surface area contributed by atoms with Crippen molar-refractivity contribution in [2.45, 2.75) is 51.6 Å². The summed E-state index contributed by atoms with van der Waals surface area (Å²) in [6, 6.07) is 18.5. The first-order chi connectivity index (χ1) is 15.1. The van der Waals surface area contributed by atoms with Crippen LogP contribution in [-0.4, -0.2) is 31.6 Å². The molecule has 164 valence electrons. The molecule has 1 heterocycles. The quantitative estimate of drug-likeness (QED) is 0.581. The molecular weight excluding hydrogens is 386 g/mol. The summed E-state index contributed by atoms with van der Waals surface area (Å²) in [7, 11) is 0. The molecule has 1 fully saturated rings. The summed E-state index contributed by atoms with van der Waals surface area (Å²) in [6.45, 7) is 6.66. The Kier molecular flexibility index (Phi) is 8.49. The van der Waals surface area contributed by atoms with Crippen LogP contribution >= 0.6 is 0 Å². The minimum absolute atomic E-state index is 0.00757. The van der Waals surface area contributed by atoms with E-state index in [-0.39, 0.29) is 17.9 Å². The zero-order valence-electron chi connectivity index (χ0n) is 18.6. The molecular formula is C26H33N3O2. The lowest BCUT2D eigenvalue weighted by atomic mass is 9.88. The number of carbonyl (C=O) groups is 1. The minimum Gasteiger partial charge on any atom is -0.490 e. The van der Waals surface area contributed by atoms with Crippen LogP contribution < -0.4 is 15.4 Å². The third-order valence-corrected chi connectivity index (χ3v) is 5.63. The van der Waals surface area contributed by atoms with Crippen molar-refractivity contribution in [1.82, 2.24) is 10.6 Å². The van der Waals surface area contributed by atoms with Crippen LogP contribution in [0.3, 0.4) is 0 Å². The summed E-state index contributed by atoms with van der Waals surface area (Å²) in [4.78, 5) is 12.8. The van der Waals surface area contributed by atoms with Gasteiger partial charge in [0.05, 0.1) is 18.4 Å². The molecule has 2 N–H and O–H groups in total. The highest BCUT2D eigenvalue weighted by molar-refractivity contribution is 5.84. The van der Waals surface area contributed by atoms with E-state index in [0.717, 1.165) is 54.8 Å². The van der Waals surface area contributed by atoms with Crippen LogP contribution in [0, 0.1) is 17.2 Å². The monoisotopic (exact) mass is 419 g/mol. The maximum atomic E-state index is 12.8. The Bertz CT molecular complexity index is 880. The molecule has 0 bridgehead atoms. The van der Waals surface area contributed by atoms with Crippen molar-refractivity contribution in [3.8, 4) is 22.9 Å². The minimum atomic E-state index is -0.221. The second kappa shape index (κ2) is 11.5. The number of nitrogens with one attached hydrogen (secondary N) is 2. The number of nitrogens with zero attached hydrogens (tertiary/aromatic N) is 1. The smallest absolute Gasteiger partial charge is 0.227 e. The van der Waals surface area contributed by atoms with Gasteiger partial charge in [0.25, 0.3) is 0 Å². The topological polar surface area (TPSA) is 74.2 Å². The van der Waals surface area contributed by atoms with Crippen molar-refractivity contribution >= 4 is 5.91 Å². The van der Waals surface area contributed by atoms with Crippen LogP contribution in [0.1, 0.15) is 51.0 Å². The van der Waals surface area contributed by atoms with Gasteiger partial charge in [0, 0.05) is 6.54 Å². The average molecular weight is 420 g/mol. The van der Waals surface area contributed by atoms with E-state index in [2.05, 4.69) is 54.8 Å². The van der Waals surface area contributed by atoms with Gasteiger partial charge in [-0.25, -0.2) is 0 Å². The fourth-order valence-electron chi connectivity index (χ4n) is 4.00. The van der Waals surface area contributed by atoms with Crippen molar-refractivity contribution in [2.75, 3.05) is 19.6 Å². The third kappa shape index (κ3) is 6.83. The molecule has 3 rings (SSSR count). The second-order valence-corrected chi connectivity index (χ2v) is 8.60. The third-order valence-electron chi connectivity index (χ3n) is 5.63. The Hall–Kier alpha value is -2.84. The van der Waals surface area contributed by atoms with E-state index >= 15 is 0 Å². The Labute approximate surface area is 185 Å². The normalized spacial score (nSPS) is 15.3. The van der Waals surface area contributed by atoms with E-state index in [1.807, 2.05) is 24.3 Å². The van der Waals surface area contributed by atoms with E-state index in [1.54, 1.807) is 0 Å². The van der Waals surface area contributed by atoms with Crippen LogP contribution in [0.2, 0.25) is 0 Å². The number of nitriles is 1. The zero-order chi connectivity index (χ0) is 22.1. The summed E-state index contributed by atoms with van der Waals surface area (Å²) >= 11 is 0. The molecule has 0 aromatic heterocycles. The predicted octanol–water partition coefficient (Wildman–Crippen LogP) is 4.64. The van der Waals surface area contributed by atoms with Gasteiger partial charge in [0.15, 0.2) is 0 Å². The number of hydrogen-bond donors (Lipinski definition) is 2. The second-order valence-electron chi connectivity index (χ2n) is 8.60. The van der Waals surface area contributed by atoms with E-state index in [0.29, 0.717) is 18.9 Å². The van der Waals surface area contributed by atoms with Crippen LogP contribution in [0.15, 0.2) is 48.5 Å². The maximum Gasteiger partial charge on any atom is 0.227 e.